The molecule has 0 aliphatic rings. The maximum atomic E-state index is 10.9. The van der Waals surface area contributed by atoms with E-state index < -0.39 is 0 Å². The van der Waals surface area contributed by atoms with Gasteiger partial charge in [0, 0.05) is 13.1 Å². The first kappa shape index (κ1) is 7.53. The molecule has 1 rings (SSSR count). The van der Waals surface area contributed by atoms with E-state index in [0.29, 0.717) is 0 Å². The standard InChI is InChI=1S/C7H8N2O2/c1-8-7(11)5-3-2-4-6(10)9-5/h2-4H,1H3,(H,8,11)(H,9,10). The molecule has 4 nitrogen and oxygen atoms in total. The largest absolute Gasteiger partial charge is 0.354 e. The molecule has 0 bridgehead atoms. The van der Waals surface area contributed by atoms with Crippen molar-refractivity contribution in [3.8, 4) is 0 Å². The Balaban J connectivity index is 3.05. The van der Waals surface area contributed by atoms with Crippen molar-refractivity contribution in [1.29, 1.82) is 0 Å². The van der Waals surface area contributed by atoms with Gasteiger partial charge in [0.25, 0.3) is 5.91 Å². The highest BCUT2D eigenvalue weighted by Gasteiger charge is 2.00. The van der Waals surface area contributed by atoms with Crippen LogP contribution in [0.2, 0.25) is 0 Å². The molecule has 1 heterocycles. The van der Waals surface area contributed by atoms with Crippen LogP contribution in [0.1, 0.15) is 10.5 Å². The van der Waals surface area contributed by atoms with Gasteiger partial charge in [0.05, 0.1) is 0 Å². The minimum atomic E-state index is -0.289. The summed E-state index contributed by atoms with van der Waals surface area (Å²) >= 11 is 0. The van der Waals surface area contributed by atoms with Gasteiger partial charge in [-0.15, -0.1) is 0 Å². The summed E-state index contributed by atoms with van der Waals surface area (Å²) < 4.78 is 0. The molecular weight excluding hydrogens is 144 g/mol. The van der Waals surface area contributed by atoms with E-state index in [4.69, 9.17) is 0 Å². The van der Waals surface area contributed by atoms with Gasteiger partial charge in [0.15, 0.2) is 0 Å². The zero-order valence-electron chi connectivity index (χ0n) is 6.05. The minimum Gasteiger partial charge on any atom is -0.354 e. The van der Waals surface area contributed by atoms with Crippen molar-refractivity contribution in [2.24, 2.45) is 0 Å². The van der Waals surface area contributed by atoms with Crippen molar-refractivity contribution in [2.75, 3.05) is 7.05 Å². The van der Waals surface area contributed by atoms with E-state index in [1.807, 2.05) is 0 Å². The predicted octanol–water partition coefficient (Wildman–Crippen LogP) is -0.266. The second-order valence-corrected chi connectivity index (χ2v) is 2.01. The molecule has 1 amide bonds. The van der Waals surface area contributed by atoms with Gasteiger partial charge in [-0.2, -0.15) is 0 Å². The fourth-order valence-corrected chi connectivity index (χ4v) is 0.715. The molecule has 0 saturated heterocycles. The van der Waals surface area contributed by atoms with Crippen LogP contribution in [0.3, 0.4) is 0 Å². The van der Waals surface area contributed by atoms with E-state index >= 15 is 0 Å². The maximum absolute atomic E-state index is 10.9. The average Bonchev–Trinajstić information content (AvgIpc) is 2.03. The molecule has 2 N–H and O–H groups in total. The summed E-state index contributed by atoms with van der Waals surface area (Å²) in [5, 5.41) is 2.40. The first-order valence-corrected chi connectivity index (χ1v) is 3.15. The van der Waals surface area contributed by atoms with Crippen LogP contribution in [0.25, 0.3) is 0 Å². The fourth-order valence-electron chi connectivity index (χ4n) is 0.715. The first-order valence-electron chi connectivity index (χ1n) is 3.15. The number of amides is 1. The van der Waals surface area contributed by atoms with Crippen LogP contribution in [0.4, 0.5) is 0 Å². The zero-order valence-corrected chi connectivity index (χ0v) is 6.05. The third-order valence-electron chi connectivity index (χ3n) is 1.24. The molecule has 1 aromatic rings. The number of nitrogens with one attached hydrogen (secondary N) is 2. The van der Waals surface area contributed by atoms with Gasteiger partial charge in [0.2, 0.25) is 5.56 Å². The Labute approximate surface area is 63.3 Å². The van der Waals surface area contributed by atoms with Gasteiger partial charge in [-0.25, -0.2) is 0 Å². The van der Waals surface area contributed by atoms with E-state index in [-0.39, 0.29) is 17.2 Å². The Morgan fingerprint density at radius 3 is 2.82 bits per heavy atom. The molecule has 58 valence electrons. The van der Waals surface area contributed by atoms with E-state index in [1.54, 1.807) is 6.07 Å². The molecule has 0 aromatic carbocycles. The summed E-state index contributed by atoms with van der Waals surface area (Å²) in [7, 11) is 1.51. The highest BCUT2D eigenvalue weighted by Crippen LogP contribution is 1.87. The second-order valence-electron chi connectivity index (χ2n) is 2.01. The van der Waals surface area contributed by atoms with Gasteiger partial charge in [-0.05, 0) is 6.07 Å². The molecule has 1 aromatic heterocycles. The number of hydrogen-bond donors (Lipinski definition) is 2. The number of aromatic nitrogens is 1. The Morgan fingerprint density at radius 2 is 2.27 bits per heavy atom. The lowest BCUT2D eigenvalue weighted by Gasteiger charge is -1.96. The molecule has 0 aliphatic carbocycles. The third-order valence-corrected chi connectivity index (χ3v) is 1.24. The van der Waals surface area contributed by atoms with Gasteiger partial charge in [-0.3, -0.25) is 9.59 Å². The van der Waals surface area contributed by atoms with Gasteiger partial charge in [-0.1, -0.05) is 6.07 Å². The number of carbonyl (C=O) groups excluding carboxylic acids is 1. The van der Waals surface area contributed by atoms with Crippen molar-refractivity contribution in [3.63, 3.8) is 0 Å². The number of carbonyl (C=O) groups is 1. The molecule has 0 fully saturated rings. The number of H-pyrrole nitrogens is 1. The predicted molar refractivity (Wildman–Crippen MR) is 40.5 cm³/mol. The Bertz CT molecular complexity index is 316. The average molecular weight is 152 g/mol. The van der Waals surface area contributed by atoms with Crippen molar-refractivity contribution in [3.05, 3.63) is 34.2 Å². The Hall–Kier alpha value is -1.58. The molecule has 4 heteroatoms. The molecule has 0 spiro atoms. The molecule has 0 unspecified atom stereocenters. The molecule has 0 aliphatic heterocycles. The monoisotopic (exact) mass is 152 g/mol. The van der Waals surface area contributed by atoms with E-state index in [0.717, 1.165) is 0 Å². The van der Waals surface area contributed by atoms with Crippen LogP contribution in [0.5, 0.6) is 0 Å². The lowest BCUT2D eigenvalue weighted by Crippen LogP contribution is -2.21. The topological polar surface area (TPSA) is 62.0 Å². The minimum absolute atomic E-state index is 0.272. The highest BCUT2D eigenvalue weighted by molar-refractivity contribution is 5.91. The molecule has 0 saturated carbocycles. The number of hydrogen-bond acceptors (Lipinski definition) is 2. The van der Waals surface area contributed by atoms with E-state index in [9.17, 15) is 9.59 Å². The van der Waals surface area contributed by atoms with Crippen LogP contribution in [0, 0.1) is 0 Å². The summed E-state index contributed by atoms with van der Waals surface area (Å²) in [6.45, 7) is 0. The lowest BCUT2D eigenvalue weighted by molar-refractivity contribution is 0.0958. The van der Waals surface area contributed by atoms with Crippen molar-refractivity contribution < 1.29 is 4.79 Å². The van der Waals surface area contributed by atoms with Crippen LogP contribution < -0.4 is 10.9 Å². The van der Waals surface area contributed by atoms with Crippen LogP contribution in [-0.4, -0.2) is 17.9 Å². The Morgan fingerprint density at radius 1 is 1.55 bits per heavy atom. The number of rotatable bonds is 1. The summed E-state index contributed by atoms with van der Waals surface area (Å²) in [5.74, 6) is -0.289. The third kappa shape index (κ3) is 1.67. The fraction of sp³-hybridized carbons (Fsp3) is 0.143. The quantitative estimate of drug-likeness (QED) is 0.582. The van der Waals surface area contributed by atoms with Gasteiger partial charge < -0.3 is 10.3 Å². The number of aromatic amines is 1. The van der Waals surface area contributed by atoms with Gasteiger partial charge >= 0.3 is 0 Å². The highest BCUT2D eigenvalue weighted by atomic mass is 16.2. The molecule has 0 radical (unpaired) electrons. The lowest BCUT2D eigenvalue weighted by atomic mass is 10.3. The normalized spacial score (nSPS) is 9.18. The first-order chi connectivity index (χ1) is 5.24. The molecule has 11 heavy (non-hydrogen) atoms. The second kappa shape index (κ2) is 3.01. The van der Waals surface area contributed by atoms with Crippen LogP contribution >= 0.6 is 0 Å². The summed E-state index contributed by atoms with van der Waals surface area (Å²) in [5.41, 5.74) is 0.00565. The summed E-state index contributed by atoms with van der Waals surface area (Å²) in [6, 6.07) is 4.43. The maximum Gasteiger partial charge on any atom is 0.267 e. The van der Waals surface area contributed by atoms with E-state index in [2.05, 4.69) is 10.3 Å². The zero-order chi connectivity index (χ0) is 8.27. The van der Waals surface area contributed by atoms with Crippen molar-refractivity contribution in [1.82, 2.24) is 10.3 Å². The van der Waals surface area contributed by atoms with Crippen LogP contribution in [-0.2, 0) is 0 Å². The van der Waals surface area contributed by atoms with Gasteiger partial charge in [0.1, 0.15) is 5.69 Å². The van der Waals surface area contributed by atoms with E-state index in [1.165, 1.54) is 19.2 Å². The SMILES string of the molecule is CNC(=O)c1cccc(=O)[nH]1. The smallest absolute Gasteiger partial charge is 0.267 e. The van der Waals surface area contributed by atoms with Crippen molar-refractivity contribution >= 4 is 5.91 Å². The molecular formula is C7H8N2O2. The molecule has 0 atom stereocenters. The van der Waals surface area contributed by atoms with Crippen LogP contribution in [0.15, 0.2) is 23.0 Å². The van der Waals surface area contributed by atoms with Crippen molar-refractivity contribution in [2.45, 2.75) is 0 Å². The summed E-state index contributed by atoms with van der Waals surface area (Å²) in [6.07, 6.45) is 0. The Kier molecular flexibility index (Phi) is 2.06. The number of pyridine rings is 1. The summed E-state index contributed by atoms with van der Waals surface area (Å²) in [4.78, 5) is 23.9.